The van der Waals surface area contributed by atoms with Crippen LogP contribution in [0.3, 0.4) is 0 Å². The van der Waals surface area contributed by atoms with Crippen LogP contribution in [0.2, 0.25) is 0 Å². The molecule has 4 rings (SSSR count). The molecule has 1 amide bonds. The maximum atomic E-state index is 12.3. The van der Waals surface area contributed by atoms with Gasteiger partial charge >= 0.3 is 6.09 Å². The van der Waals surface area contributed by atoms with Gasteiger partial charge in [-0.15, -0.1) is 0 Å². The van der Waals surface area contributed by atoms with E-state index in [0.29, 0.717) is 30.9 Å². The van der Waals surface area contributed by atoms with Crippen molar-refractivity contribution in [2.75, 3.05) is 19.7 Å². The van der Waals surface area contributed by atoms with Crippen LogP contribution >= 0.6 is 11.3 Å². The third kappa shape index (κ3) is 3.84. The van der Waals surface area contributed by atoms with Gasteiger partial charge in [-0.25, -0.2) is 9.78 Å². The number of piperidine rings is 1. The van der Waals surface area contributed by atoms with E-state index in [-0.39, 0.29) is 6.09 Å². The van der Waals surface area contributed by atoms with Crippen LogP contribution in [0.15, 0.2) is 6.08 Å². The lowest BCUT2D eigenvalue weighted by molar-refractivity contribution is 0.0139. The van der Waals surface area contributed by atoms with E-state index in [2.05, 4.69) is 12.2 Å². The zero-order chi connectivity index (χ0) is 17.6. The molecule has 0 spiro atoms. The molecule has 136 valence electrons. The Hall–Kier alpha value is -1.56. The molecular formula is C19H26N2O3S. The molecule has 3 aliphatic rings. The van der Waals surface area contributed by atoms with E-state index in [1.54, 1.807) is 11.3 Å². The average molecular weight is 362 g/mol. The largest absolute Gasteiger partial charge is 0.470 e. The van der Waals surface area contributed by atoms with Gasteiger partial charge in [0.2, 0.25) is 0 Å². The Labute approximate surface area is 153 Å². The lowest BCUT2D eigenvalue weighted by Gasteiger charge is -2.33. The van der Waals surface area contributed by atoms with Crippen molar-refractivity contribution in [3.05, 3.63) is 16.6 Å². The van der Waals surface area contributed by atoms with Crippen LogP contribution in [0.5, 0.6) is 5.19 Å². The topological polar surface area (TPSA) is 51.7 Å². The average Bonchev–Trinajstić information content (AvgIpc) is 3.23. The Morgan fingerprint density at radius 2 is 2.28 bits per heavy atom. The zero-order valence-corrected chi connectivity index (χ0v) is 16.0. The van der Waals surface area contributed by atoms with Gasteiger partial charge in [0.05, 0.1) is 17.2 Å². The summed E-state index contributed by atoms with van der Waals surface area (Å²) >= 11 is 1.64. The molecule has 1 aliphatic heterocycles. The summed E-state index contributed by atoms with van der Waals surface area (Å²) in [5.41, 5.74) is 0.779. The molecular weight excluding hydrogens is 336 g/mol. The summed E-state index contributed by atoms with van der Waals surface area (Å²) < 4.78 is 11.5. The number of likely N-dealkylation sites (tertiary alicyclic amines) is 1. The maximum Gasteiger partial charge on any atom is 0.410 e. The van der Waals surface area contributed by atoms with E-state index in [1.165, 1.54) is 17.0 Å². The highest BCUT2D eigenvalue weighted by Gasteiger charge is 2.42. The Morgan fingerprint density at radius 1 is 1.44 bits per heavy atom. The van der Waals surface area contributed by atoms with Gasteiger partial charge in [-0.2, -0.15) is 0 Å². The summed E-state index contributed by atoms with van der Waals surface area (Å²) in [6, 6.07) is 0. The maximum absolute atomic E-state index is 12.3. The highest BCUT2D eigenvalue weighted by atomic mass is 32.1. The second kappa shape index (κ2) is 6.31. The molecule has 0 radical (unpaired) electrons. The molecule has 0 N–H and O–H groups in total. The number of rotatable bonds is 3. The van der Waals surface area contributed by atoms with Crippen LogP contribution in [0, 0.1) is 11.8 Å². The minimum absolute atomic E-state index is 0.216. The Balaban J connectivity index is 1.31. The SMILES string of the molecule is CC(C)(C)OC(=O)N1CCCC(COc2nc3c(s2)C=CC2CC32)C1. The van der Waals surface area contributed by atoms with E-state index in [9.17, 15) is 4.79 Å². The fraction of sp³-hybridized carbons (Fsp3) is 0.684. The van der Waals surface area contributed by atoms with Crippen LogP contribution < -0.4 is 4.74 Å². The highest BCUT2D eigenvalue weighted by molar-refractivity contribution is 7.14. The van der Waals surface area contributed by atoms with Gasteiger partial charge in [-0.1, -0.05) is 17.4 Å². The van der Waals surface area contributed by atoms with Crippen molar-refractivity contribution in [1.82, 2.24) is 9.88 Å². The Bertz CT molecular complexity index is 691. The summed E-state index contributed by atoms with van der Waals surface area (Å²) in [6.45, 7) is 7.79. The predicted octanol–water partition coefficient (Wildman–Crippen LogP) is 4.30. The monoisotopic (exact) mass is 362 g/mol. The van der Waals surface area contributed by atoms with Crippen molar-refractivity contribution in [2.45, 2.75) is 51.6 Å². The number of hydrogen-bond acceptors (Lipinski definition) is 5. The summed E-state index contributed by atoms with van der Waals surface area (Å²) in [7, 11) is 0. The predicted molar refractivity (Wildman–Crippen MR) is 98.0 cm³/mol. The van der Waals surface area contributed by atoms with Gasteiger partial charge in [0, 0.05) is 24.9 Å². The van der Waals surface area contributed by atoms with E-state index < -0.39 is 5.60 Å². The minimum atomic E-state index is -0.450. The van der Waals surface area contributed by atoms with Gasteiger partial charge in [0.1, 0.15) is 5.60 Å². The molecule has 0 aromatic carbocycles. The zero-order valence-electron chi connectivity index (χ0n) is 15.2. The molecule has 0 bridgehead atoms. The van der Waals surface area contributed by atoms with Gasteiger partial charge < -0.3 is 14.4 Å². The number of aromatic nitrogens is 1. The molecule has 5 nitrogen and oxygen atoms in total. The quantitative estimate of drug-likeness (QED) is 0.804. The molecule has 1 aromatic heterocycles. The van der Waals surface area contributed by atoms with Crippen molar-refractivity contribution in [2.24, 2.45) is 11.8 Å². The van der Waals surface area contributed by atoms with Crippen LogP contribution in [0.25, 0.3) is 6.08 Å². The highest BCUT2D eigenvalue weighted by Crippen LogP contribution is 2.54. The fourth-order valence-corrected chi connectivity index (χ4v) is 4.51. The summed E-state index contributed by atoms with van der Waals surface area (Å²) in [5.74, 6) is 1.68. The van der Waals surface area contributed by atoms with Gasteiger partial charge in [0.25, 0.3) is 5.19 Å². The van der Waals surface area contributed by atoms with E-state index in [4.69, 9.17) is 14.5 Å². The van der Waals surface area contributed by atoms with Gasteiger partial charge in [0.15, 0.2) is 0 Å². The summed E-state index contributed by atoms with van der Waals surface area (Å²) in [4.78, 5) is 20.0. The third-order valence-corrected chi connectivity index (χ3v) is 5.91. The molecule has 2 fully saturated rings. The van der Waals surface area contributed by atoms with E-state index >= 15 is 0 Å². The van der Waals surface area contributed by atoms with Crippen molar-refractivity contribution >= 4 is 23.5 Å². The molecule has 3 unspecified atom stereocenters. The normalized spacial score (nSPS) is 27.5. The van der Waals surface area contributed by atoms with Crippen LogP contribution in [-0.4, -0.2) is 41.3 Å². The van der Waals surface area contributed by atoms with Crippen LogP contribution in [0.1, 0.15) is 56.5 Å². The number of ether oxygens (including phenoxy) is 2. The second-order valence-electron chi connectivity index (χ2n) is 8.34. The number of carbonyl (C=O) groups is 1. The number of amides is 1. The molecule has 1 saturated heterocycles. The molecule has 2 aliphatic carbocycles. The molecule has 1 aromatic rings. The third-order valence-electron chi connectivity index (χ3n) is 4.96. The summed E-state index contributed by atoms with van der Waals surface area (Å²) in [6.07, 6.45) is 7.59. The van der Waals surface area contributed by atoms with Crippen molar-refractivity contribution < 1.29 is 14.3 Å². The first-order chi connectivity index (χ1) is 11.9. The minimum Gasteiger partial charge on any atom is -0.470 e. The smallest absolute Gasteiger partial charge is 0.410 e. The molecule has 2 heterocycles. The molecule has 25 heavy (non-hydrogen) atoms. The molecule has 6 heteroatoms. The lowest BCUT2D eigenvalue weighted by Crippen LogP contribution is -2.44. The number of thiazole rings is 1. The Morgan fingerprint density at radius 3 is 3.08 bits per heavy atom. The fourth-order valence-electron chi connectivity index (χ4n) is 3.60. The van der Waals surface area contributed by atoms with Crippen LogP contribution in [-0.2, 0) is 4.74 Å². The first-order valence-corrected chi connectivity index (χ1v) is 10.0. The van der Waals surface area contributed by atoms with E-state index in [0.717, 1.165) is 24.6 Å². The van der Waals surface area contributed by atoms with Crippen molar-refractivity contribution in [3.8, 4) is 5.19 Å². The Kier molecular flexibility index (Phi) is 4.26. The number of allylic oxidation sites excluding steroid dienone is 1. The van der Waals surface area contributed by atoms with Crippen LogP contribution in [0.4, 0.5) is 4.79 Å². The number of nitrogens with zero attached hydrogens (tertiary/aromatic N) is 2. The van der Waals surface area contributed by atoms with Crippen molar-refractivity contribution in [3.63, 3.8) is 0 Å². The van der Waals surface area contributed by atoms with Gasteiger partial charge in [-0.3, -0.25) is 0 Å². The first-order valence-electron chi connectivity index (χ1n) is 9.19. The second-order valence-corrected chi connectivity index (χ2v) is 9.33. The summed E-state index contributed by atoms with van der Waals surface area (Å²) in [5, 5.41) is 0.775. The number of fused-ring (bicyclic) bond motifs is 3. The first kappa shape index (κ1) is 16.9. The molecule has 1 saturated carbocycles. The molecule has 3 atom stereocenters. The van der Waals surface area contributed by atoms with E-state index in [1.807, 2.05) is 25.7 Å². The number of hydrogen-bond donors (Lipinski definition) is 0. The van der Waals surface area contributed by atoms with Gasteiger partial charge in [-0.05, 0) is 52.0 Å². The van der Waals surface area contributed by atoms with Crippen molar-refractivity contribution in [1.29, 1.82) is 0 Å². The standard InChI is InChI=1S/C19H26N2O3S/c1-19(2,3)24-18(22)21-8-4-5-12(10-21)11-23-17-20-16-14-9-13(14)6-7-15(16)25-17/h6-7,12-14H,4-5,8-11H2,1-3H3. The lowest BCUT2D eigenvalue weighted by atomic mass is 9.99. The number of carbonyl (C=O) groups excluding carboxylic acids is 1.